The van der Waals surface area contributed by atoms with Gasteiger partial charge in [-0.15, -0.1) is 24.0 Å². The van der Waals surface area contributed by atoms with Crippen LogP contribution in [0.25, 0.3) is 0 Å². The predicted molar refractivity (Wildman–Crippen MR) is 112 cm³/mol. The third-order valence-corrected chi connectivity index (χ3v) is 4.42. The second-order valence-electron chi connectivity index (χ2n) is 6.01. The number of likely N-dealkylation sites (tertiary alicyclic amines) is 1. The fourth-order valence-electron chi connectivity index (χ4n) is 3.13. The van der Waals surface area contributed by atoms with E-state index in [4.69, 9.17) is 4.99 Å². The summed E-state index contributed by atoms with van der Waals surface area (Å²) in [6.45, 7) is 17.4. The van der Waals surface area contributed by atoms with Gasteiger partial charge >= 0.3 is 0 Å². The van der Waals surface area contributed by atoms with Crippen molar-refractivity contribution in [3.63, 3.8) is 0 Å². The molecule has 0 spiro atoms. The lowest BCUT2D eigenvalue weighted by Crippen LogP contribution is -2.42. The van der Waals surface area contributed by atoms with Crippen LogP contribution >= 0.6 is 24.0 Å². The average molecular weight is 439 g/mol. The zero-order chi connectivity index (χ0) is 16.2. The molecule has 6 heteroatoms. The summed E-state index contributed by atoms with van der Waals surface area (Å²) in [5.74, 6) is 0.970. The number of guanidine groups is 1. The zero-order valence-electron chi connectivity index (χ0n) is 15.6. The molecule has 1 heterocycles. The molecule has 0 saturated carbocycles. The maximum absolute atomic E-state index is 4.80. The maximum atomic E-state index is 4.80. The summed E-state index contributed by atoms with van der Waals surface area (Å²) in [4.78, 5) is 9.82. The molecule has 0 amide bonds. The standard InChI is InChI=1S/C17H37N5.HI/c1-5-12-21(7-3)14-11-19-17(18-6-2)20-15-16-10-9-13-22(16)8-4;/h16H,5-15H2,1-4H3,(H2,18,19,20);1H. The van der Waals surface area contributed by atoms with E-state index < -0.39 is 0 Å². The highest BCUT2D eigenvalue weighted by atomic mass is 127. The Balaban J connectivity index is 0.00000484. The Morgan fingerprint density at radius 2 is 1.96 bits per heavy atom. The fourth-order valence-corrected chi connectivity index (χ4v) is 3.13. The van der Waals surface area contributed by atoms with Crippen molar-refractivity contribution in [3.8, 4) is 0 Å². The predicted octanol–water partition coefficient (Wildman–Crippen LogP) is 2.38. The Kier molecular flexibility index (Phi) is 14.2. The van der Waals surface area contributed by atoms with E-state index in [1.165, 1.54) is 32.4 Å². The van der Waals surface area contributed by atoms with Crippen LogP contribution in [0, 0.1) is 0 Å². The van der Waals surface area contributed by atoms with Gasteiger partial charge in [-0.25, -0.2) is 0 Å². The van der Waals surface area contributed by atoms with Gasteiger partial charge in [0, 0.05) is 25.7 Å². The van der Waals surface area contributed by atoms with Crippen LogP contribution in [-0.4, -0.2) is 74.2 Å². The second-order valence-corrected chi connectivity index (χ2v) is 6.01. The molecule has 0 aliphatic carbocycles. The van der Waals surface area contributed by atoms with Gasteiger partial charge < -0.3 is 15.5 Å². The monoisotopic (exact) mass is 439 g/mol. The van der Waals surface area contributed by atoms with Crippen molar-refractivity contribution in [1.82, 2.24) is 20.4 Å². The molecule has 1 unspecified atom stereocenters. The lowest BCUT2D eigenvalue weighted by Gasteiger charge is -2.22. The summed E-state index contributed by atoms with van der Waals surface area (Å²) in [5, 5.41) is 6.84. The fraction of sp³-hybridized carbons (Fsp3) is 0.941. The summed E-state index contributed by atoms with van der Waals surface area (Å²) in [7, 11) is 0. The van der Waals surface area contributed by atoms with Gasteiger partial charge in [-0.3, -0.25) is 9.89 Å². The number of nitrogens with one attached hydrogen (secondary N) is 2. The molecule has 1 aliphatic heterocycles. The molecule has 23 heavy (non-hydrogen) atoms. The quantitative estimate of drug-likeness (QED) is 0.312. The topological polar surface area (TPSA) is 42.9 Å². The zero-order valence-corrected chi connectivity index (χ0v) is 17.9. The number of aliphatic imine (C=N–C) groups is 1. The van der Waals surface area contributed by atoms with E-state index >= 15 is 0 Å². The Bertz CT molecular complexity index is 311. The van der Waals surface area contributed by atoms with Crippen LogP contribution in [0.3, 0.4) is 0 Å². The van der Waals surface area contributed by atoms with E-state index in [0.717, 1.165) is 45.2 Å². The van der Waals surface area contributed by atoms with Gasteiger partial charge in [-0.1, -0.05) is 20.8 Å². The number of rotatable bonds is 10. The molecule has 0 bridgehead atoms. The van der Waals surface area contributed by atoms with Gasteiger partial charge in [-0.05, 0) is 52.4 Å². The minimum Gasteiger partial charge on any atom is -0.357 e. The van der Waals surface area contributed by atoms with E-state index in [-0.39, 0.29) is 24.0 Å². The highest BCUT2D eigenvalue weighted by Gasteiger charge is 2.22. The molecule has 1 aliphatic rings. The molecule has 1 saturated heterocycles. The van der Waals surface area contributed by atoms with Crippen molar-refractivity contribution in [1.29, 1.82) is 0 Å². The molecule has 1 atom stereocenters. The molecule has 1 rings (SSSR count). The first-order valence-corrected chi connectivity index (χ1v) is 9.23. The van der Waals surface area contributed by atoms with Crippen molar-refractivity contribution in [3.05, 3.63) is 0 Å². The maximum Gasteiger partial charge on any atom is 0.191 e. The van der Waals surface area contributed by atoms with E-state index in [9.17, 15) is 0 Å². The first kappa shape index (κ1) is 22.9. The van der Waals surface area contributed by atoms with Crippen molar-refractivity contribution >= 4 is 29.9 Å². The Labute approximate surface area is 160 Å². The number of halogens is 1. The normalized spacial score (nSPS) is 19.0. The van der Waals surface area contributed by atoms with Crippen LogP contribution in [0.5, 0.6) is 0 Å². The van der Waals surface area contributed by atoms with E-state index in [2.05, 4.69) is 48.1 Å². The van der Waals surface area contributed by atoms with Crippen LogP contribution in [0.4, 0.5) is 0 Å². The third-order valence-electron chi connectivity index (χ3n) is 4.42. The molecule has 0 aromatic heterocycles. The summed E-state index contributed by atoms with van der Waals surface area (Å²) >= 11 is 0. The molecule has 2 N–H and O–H groups in total. The van der Waals surface area contributed by atoms with Crippen molar-refractivity contribution < 1.29 is 0 Å². The Morgan fingerprint density at radius 1 is 1.17 bits per heavy atom. The van der Waals surface area contributed by atoms with Crippen molar-refractivity contribution in [2.75, 3.05) is 52.4 Å². The largest absolute Gasteiger partial charge is 0.357 e. The number of hydrogen-bond donors (Lipinski definition) is 2. The highest BCUT2D eigenvalue weighted by molar-refractivity contribution is 14.0. The first-order valence-electron chi connectivity index (χ1n) is 9.23. The van der Waals surface area contributed by atoms with Gasteiger partial charge in [0.15, 0.2) is 5.96 Å². The average Bonchev–Trinajstić information content (AvgIpc) is 2.99. The van der Waals surface area contributed by atoms with Crippen LogP contribution in [-0.2, 0) is 0 Å². The van der Waals surface area contributed by atoms with Crippen molar-refractivity contribution in [2.24, 2.45) is 4.99 Å². The van der Waals surface area contributed by atoms with E-state index in [1.54, 1.807) is 0 Å². The van der Waals surface area contributed by atoms with Gasteiger partial charge in [0.1, 0.15) is 0 Å². The number of likely N-dealkylation sites (N-methyl/N-ethyl adjacent to an activating group) is 2. The Morgan fingerprint density at radius 3 is 2.57 bits per heavy atom. The third kappa shape index (κ3) is 9.10. The molecular formula is C17H38IN5. The second kappa shape index (κ2) is 14.3. The lowest BCUT2D eigenvalue weighted by molar-refractivity contribution is 0.272. The van der Waals surface area contributed by atoms with Crippen LogP contribution in [0.15, 0.2) is 4.99 Å². The molecule has 0 aromatic rings. The Hall–Kier alpha value is -0.0800. The molecule has 0 aromatic carbocycles. The minimum absolute atomic E-state index is 0. The van der Waals surface area contributed by atoms with E-state index in [0.29, 0.717) is 6.04 Å². The van der Waals surface area contributed by atoms with Crippen LogP contribution < -0.4 is 10.6 Å². The number of hydrogen-bond acceptors (Lipinski definition) is 3. The minimum atomic E-state index is 0. The summed E-state index contributed by atoms with van der Waals surface area (Å²) < 4.78 is 0. The molecule has 138 valence electrons. The molecule has 1 fully saturated rings. The van der Waals surface area contributed by atoms with Crippen molar-refractivity contribution in [2.45, 2.75) is 53.0 Å². The van der Waals surface area contributed by atoms with Gasteiger partial charge in [0.2, 0.25) is 0 Å². The first-order chi connectivity index (χ1) is 10.7. The molecule has 0 radical (unpaired) electrons. The van der Waals surface area contributed by atoms with Crippen LogP contribution in [0.1, 0.15) is 47.0 Å². The summed E-state index contributed by atoms with van der Waals surface area (Å²) in [6.07, 6.45) is 3.83. The van der Waals surface area contributed by atoms with Gasteiger partial charge in [-0.2, -0.15) is 0 Å². The van der Waals surface area contributed by atoms with Gasteiger partial charge in [0.25, 0.3) is 0 Å². The highest BCUT2D eigenvalue weighted by Crippen LogP contribution is 2.16. The number of nitrogens with zero attached hydrogens (tertiary/aromatic N) is 3. The summed E-state index contributed by atoms with van der Waals surface area (Å²) in [6, 6.07) is 0.632. The molecular weight excluding hydrogens is 401 g/mol. The SMILES string of the molecule is CCCN(CC)CCNC(=NCC1CCCN1CC)NCC.I. The van der Waals surface area contributed by atoms with Gasteiger partial charge in [0.05, 0.1) is 6.54 Å². The van der Waals surface area contributed by atoms with E-state index in [1.807, 2.05) is 0 Å². The smallest absolute Gasteiger partial charge is 0.191 e. The molecule has 5 nitrogen and oxygen atoms in total. The lowest BCUT2D eigenvalue weighted by atomic mass is 10.2. The van der Waals surface area contributed by atoms with Crippen LogP contribution in [0.2, 0.25) is 0 Å². The summed E-state index contributed by atoms with van der Waals surface area (Å²) in [5.41, 5.74) is 0.